The molecule has 1 fully saturated rings. The molecular formula is C15H19NO2. The van der Waals surface area contributed by atoms with Crippen molar-refractivity contribution in [2.45, 2.75) is 18.8 Å². The summed E-state index contributed by atoms with van der Waals surface area (Å²) in [5, 5.41) is 1.09. The second-order valence-corrected chi connectivity index (χ2v) is 5.10. The summed E-state index contributed by atoms with van der Waals surface area (Å²) in [6, 6.07) is 8.12. The van der Waals surface area contributed by atoms with E-state index in [1.165, 1.54) is 12.8 Å². The van der Waals surface area contributed by atoms with Crippen LogP contribution in [-0.4, -0.2) is 32.1 Å². The molecule has 2 aromatic rings. The maximum atomic E-state index is 5.99. The van der Waals surface area contributed by atoms with Gasteiger partial charge in [-0.3, -0.25) is 0 Å². The molecule has 1 aromatic heterocycles. The number of likely N-dealkylation sites (tertiary alicyclic amines) is 1. The van der Waals surface area contributed by atoms with Crippen LogP contribution in [0.5, 0.6) is 5.75 Å². The van der Waals surface area contributed by atoms with Gasteiger partial charge in [-0.05, 0) is 51.2 Å². The highest BCUT2D eigenvalue weighted by molar-refractivity contribution is 5.84. The molecule has 0 aliphatic carbocycles. The molecule has 1 saturated heterocycles. The zero-order chi connectivity index (χ0) is 12.5. The van der Waals surface area contributed by atoms with Crippen LogP contribution in [0.15, 0.2) is 28.7 Å². The molecule has 1 aliphatic rings. The van der Waals surface area contributed by atoms with Crippen molar-refractivity contribution in [1.82, 2.24) is 4.90 Å². The molecule has 1 aliphatic heterocycles. The van der Waals surface area contributed by atoms with E-state index >= 15 is 0 Å². The lowest BCUT2D eigenvalue weighted by Crippen LogP contribution is -2.29. The van der Waals surface area contributed by atoms with Crippen molar-refractivity contribution >= 4 is 11.0 Å². The number of piperidine rings is 1. The standard InChI is InChI=1S/C15H19NO2/c1-16-8-6-11(7-9-16)15-10-12-13(17-2)4-3-5-14(12)18-15/h3-5,10-11H,6-9H2,1-2H3. The summed E-state index contributed by atoms with van der Waals surface area (Å²) >= 11 is 0. The number of benzene rings is 1. The Hall–Kier alpha value is -1.48. The first-order valence-corrected chi connectivity index (χ1v) is 6.53. The quantitative estimate of drug-likeness (QED) is 0.812. The van der Waals surface area contributed by atoms with E-state index in [0.717, 1.165) is 35.6 Å². The minimum atomic E-state index is 0.554. The minimum Gasteiger partial charge on any atom is -0.496 e. The van der Waals surface area contributed by atoms with Crippen LogP contribution in [0.25, 0.3) is 11.0 Å². The van der Waals surface area contributed by atoms with E-state index in [4.69, 9.17) is 9.15 Å². The van der Waals surface area contributed by atoms with Crippen molar-refractivity contribution in [2.75, 3.05) is 27.2 Å². The number of furan rings is 1. The second-order valence-electron chi connectivity index (χ2n) is 5.10. The molecule has 1 aromatic carbocycles. The molecular weight excluding hydrogens is 226 g/mol. The van der Waals surface area contributed by atoms with Gasteiger partial charge in [0.05, 0.1) is 12.5 Å². The maximum absolute atomic E-state index is 5.99. The lowest BCUT2D eigenvalue weighted by atomic mass is 9.94. The third kappa shape index (κ3) is 1.99. The van der Waals surface area contributed by atoms with E-state index < -0.39 is 0 Å². The summed E-state index contributed by atoms with van der Waals surface area (Å²) in [7, 11) is 3.88. The fourth-order valence-electron chi connectivity index (χ4n) is 2.73. The van der Waals surface area contributed by atoms with E-state index in [1.807, 2.05) is 18.2 Å². The SMILES string of the molecule is COc1cccc2oc(C3CCN(C)CC3)cc12. The fourth-order valence-corrected chi connectivity index (χ4v) is 2.73. The summed E-state index contributed by atoms with van der Waals surface area (Å²) in [6.45, 7) is 2.30. The molecule has 0 atom stereocenters. The average Bonchev–Trinajstić information content (AvgIpc) is 2.83. The van der Waals surface area contributed by atoms with Gasteiger partial charge >= 0.3 is 0 Å². The zero-order valence-corrected chi connectivity index (χ0v) is 11.0. The van der Waals surface area contributed by atoms with Crippen LogP contribution < -0.4 is 4.74 Å². The fraction of sp³-hybridized carbons (Fsp3) is 0.467. The first-order chi connectivity index (χ1) is 8.78. The zero-order valence-electron chi connectivity index (χ0n) is 11.0. The van der Waals surface area contributed by atoms with Gasteiger partial charge in [0.25, 0.3) is 0 Å². The predicted molar refractivity (Wildman–Crippen MR) is 72.2 cm³/mol. The number of ether oxygens (including phenoxy) is 1. The molecule has 18 heavy (non-hydrogen) atoms. The van der Waals surface area contributed by atoms with Gasteiger partial charge in [0.2, 0.25) is 0 Å². The van der Waals surface area contributed by atoms with E-state index in [-0.39, 0.29) is 0 Å². The number of hydrogen-bond donors (Lipinski definition) is 0. The summed E-state index contributed by atoms with van der Waals surface area (Å²) < 4.78 is 11.4. The van der Waals surface area contributed by atoms with E-state index in [9.17, 15) is 0 Å². The molecule has 0 N–H and O–H groups in total. The lowest BCUT2D eigenvalue weighted by Gasteiger charge is -2.27. The van der Waals surface area contributed by atoms with Gasteiger partial charge in [0.1, 0.15) is 17.1 Å². The van der Waals surface area contributed by atoms with Crippen molar-refractivity contribution in [2.24, 2.45) is 0 Å². The van der Waals surface area contributed by atoms with Gasteiger partial charge in [0.15, 0.2) is 0 Å². The largest absolute Gasteiger partial charge is 0.496 e. The van der Waals surface area contributed by atoms with Gasteiger partial charge in [-0.2, -0.15) is 0 Å². The second kappa shape index (κ2) is 4.65. The van der Waals surface area contributed by atoms with Gasteiger partial charge in [-0.25, -0.2) is 0 Å². The molecule has 0 spiro atoms. The maximum Gasteiger partial charge on any atom is 0.138 e. The van der Waals surface area contributed by atoms with Gasteiger partial charge in [-0.1, -0.05) is 6.07 Å². The normalized spacial score (nSPS) is 18.3. The van der Waals surface area contributed by atoms with Crippen molar-refractivity contribution in [1.29, 1.82) is 0 Å². The summed E-state index contributed by atoms with van der Waals surface area (Å²) in [6.07, 6.45) is 2.36. The van der Waals surface area contributed by atoms with Crippen LogP contribution in [0.4, 0.5) is 0 Å². The van der Waals surface area contributed by atoms with Gasteiger partial charge in [0, 0.05) is 5.92 Å². The van der Waals surface area contributed by atoms with Gasteiger partial charge in [-0.15, -0.1) is 0 Å². The number of nitrogens with zero attached hydrogens (tertiary/aromatic N) is 1. The van der Waals surface area contributed by atoms with E-state index in [2.05, 4.69) is 18.0 Å². The molecule has 0 amide bonds. The Kier molecular flexibility index (Phi) is 3.00. The number of methoxy groups -OCH3 is 1. The number of rotatable bonds is 2. The van der Waals surface area contributed by atoms with Crippen molar-refractivity contribution in [3.63, 3.8) is 0 Å². The highest BCUT2D eigenvalue weighted by Crippen LogP contribution is 2.35. The van der Waals surface area contributed by atoms with Crippen LogP contribution >= 0.6 is 0 Å². The average molecular weight is 245 g/mol. The monoisotopic (exact) mass is 245 g/mol. The molecule has 0 radical (unpaired) electrons. The molecule has 0 saturated carbocycles. The Labute approximate surface area is 107 Å². The minimum absolute atomic E-state index is 0.554. The highest BCUT2D eigenvalue weighted by atomic mass is 16.5. The topological polar surface area (TPSA) is 25.6 Å². The summed E-state index contributed by atoms with van der Waals surface area (Å²) in [4.78, 5) is 2.37. The lowest BCUT2D eigenvalue weighted by molar-refractivity contribution is 0.242. The first-order valence-electron chi connectivity index (χ1n) is 6.53. The molecule has 2 heterocycles. The van der Waals surface area contributed by atoms with Crippen molar-refractivity contribution < 1.29 is 9.15 Å². The van der Waals surface area contributed by atoms with Crippen LogP contribution in [0.1, 0.15) is 24.5 Å². The molecule has 0 unspecified atom stereocenters. The Morgan fingerprint density at radius 3 is 2.78 bits per heavy atom. The van der Waals surface area contributed by atoms with Crippen molar-refractivity contribution in [3.8, 4) is 5.75 Å². The third-order valence-corrected chi connectivity index (χ3v) is 3.88. The molecule has 0 bridgehead atoms. The van der Waals surface area contributed by atoms with Crippen LogP contribution in [0.3, 0.4) is 0 Å². The predicted octanol–water partition coefficient (Wildman–Crippen LogP) is 3.25. The Morgan fingerprint density at radius 2 is 2.06 bits per heavy atom. The molecule has 3 heteroatoms. The van der Waals surface area contributed by atoms with Crippen LogP contribution in [-0.2, 0) is 0 Å². The molecule has 3 rings (SSSR count). The van der Waals surface area contributed by atoms with Crippen LogP contribution in [0, 0.1) is 0 Å². The number of fused-ring (bicyclic) bond motifs is 1. The summed E-state index contributed by atoms with van der Waals surface area (Å²) in [5.41, 5.74) is 0.934. The van der Waals surface area contributed by atoms with E-state index in [1.54, 1.807) is 7.11 Å². The third-order valence-electron chi connectivity index (χ3n) is 3.88. The Morgan fingerprint density at radius 1 is 1.28 bits per heavy atom. The summed E-state index contributed by atoms with van der Waals surface area (Å²) in [5.74, 6) is 2.57. The smallest absolute Gasteiger partial charge is 0.138 e. The van der Waals surface area contributed by atoms with Crippen LogP contribution in [0.2, 0.25) is 0 Å². The van der Waals surface area contributed by atoms with Crippen molar-refractivity contribution in [3.05, 3.63) is 30.0 Å². The van der Waals surface area contributed by atoms with E-state index in [0.29, 0.717) is 5.92 Å². The van der Waals surface area contributed by atoms with Gasteiger partial charge < -0.3 is 14.1 Å². The first kappa shape index (κ1) is 11.6. The highest BCUT2D eigenvalue weighted by Gasteiger charge is 2.22. The number of hydrogen-bond acceptors (Lipinski definition) is 3. The molecule has 3 nitrogen and oxygen atoms in total. The Balaban J connectivity index is 1.93. The molecule has 96 valence electrons. The Bertz CT molecular complexity index is 538.